The first-order valence-electron chi connectivity index (χ1n) is 8.94. The monoisotopic (exact) mass is 357 g/mol. The van der Waals surface area contributed by atoms with E-state index in [1.165, 1.54) is 0 Å². The summed E-state index contributed by atoms with van der Waals surface area (Å²) < 4.78 is 0. The average Bonchev–Trinajstić information content (AvgIpc) is 3.14. The molecule has 2 N–H and O–H groups in total. The Bertz CT molecular complexity index is 1010. The zero-order chi connectivity index (χ0) is 18.6. The van der Waals surface area contributed by atoms with Gasteiger partial charge in [-0.2, -0.15) is 0 Å². The van der Waals surface area contributed by atoms with E-state index >= 15 is 0 Å². The molecule has 3 aromatic rings. The van der Waals surface area contributed by atoms with Crippen molar-refractivity contribution in [2.24, 2.45) is 0 Å². The van der Waals surface area contributed by atoms with E-state index < -0.39 is 0 Å². The molecule has 2 heterocycles. The van der Waals surface area contributed by atoms with Crippen molar-refractivity contribution in [3.8, 4) is 23.5 Å². The summed E-state index contributed by atoms with van der Waals surface area (Å²) in [6.07, 6.45) is 13.4. The fraction of sp³-hybridized carbons (Fsp3) is 0.238. The summed E-state index contributed by atoms with van der Waals surface area (Å²) >= 11 is 0. The summed E-state index contributed by atoms with van der Waals surface area (Å²) in [5.74, 6) is 2.29. The zero-order valence-corrected chi connectivity index (χ0v) is 14.7. The number of nitrogens with zero attached hydrogens (tertiary/aromatic N) is 3. The summed E-state index contributed by atoms with van der Waals surface area (Å²) in [6.45, 7) is 0. The maximum atomic E-state index is 11.5. The highest BCUT2D eigenvalue weighted by atomic mass is 16.1. The molecule has 4 rings (SSSR count). The first-order valence-corrected chi connectivity index (χ1v) is 8.94. The van der Waals surface area contributed by atoms with Gasteiger partial charge in [0.25, 0.3) is 5.91 Å². The van der Waals surface area contributed by atoms with Crippen LogP contribution in [0, 0.1) is 12.3 Å². The molecule has 1 aliphatic carbocycles. The maximum Gasteiger partial charge on any atom is 0.295 e. The van der Waals surface area contributed by atoms with Crippen molar-refractivity contribution in [1.82, 2.24) is 20.3 Å². The van der Waals surface area contributed by atoms with E-state index in [-0.39, 0.29) is 18.0 Å². The van der Waals surface area contributed by atoms with Gasteiger partial charge in [0.15, 0.2) is 0 Å². The van der Waals surface area contributed by atoms with Gasteiger partial charge in [-0.3, -0.25) is 9.78 Å². The molecular formula is C21H19N5O. The van der Waals surface area contributed by atoms with Crippen LogP contribution in [0.5, 0.6) is 0 Å². The minimum atomic E-state index is -0.379. The van der Waals surface area contributed by atoms with Crippen LogP contribution in [0.15, 0.2) is 48.9 Å². The number of nitrogens with one attached hydrogen (secondary N) is 2. The van der Waals surface area contributed by atoms with Gasteiger partial charge in [-0.1, -0.05) is 12.1 Å². The van der Waals surface area contributed by atoms with Crippen molar-refractivity contribution in [3.63, 3.8) is 0 Å². The molecule has 6 nitrogen and oxygen atoms in total. The first kappa shape index (κ1) is 17.0. The number of fused-ring (bicyclic) bond motifs is 1. The highest BCUT2D eigenvalue weighted by molar-refractivity contribution is 5.93. The van der Waals surface area contributed by atoms with E-state index in [0.717, 1.165) is 41.3 Å². The number of hydrogen-bond acceptors (Lipinski definition) is 5. The Kier molecular flexibility index (Phi) is 4.67. The first-order chi connectivity index (χ1) is 13.2. The van der Waals surface area contributed by atoms with Crippen LogP contribution in [0.3, 0.4) is 0 Å². The lowest BCUT2D eigenvalue weighted by atomic mass is 10.1. The van der Waals surface area contributed by atoms with Gasteiger partial charge in [-0.05, 0) is 48.9 Å². The molecule has 2 atom stereocenters. The normalized spacial score (nSPS) is 18.8. The summed E-state index contributed by atoms with van der Waals surface area (Å²) in [5.41, 5.74) is 3.00. The predicted octanol–water partition coefficient (Wildman–Crippen LogP) is 2.77. The molecule has 0 saturated heterocycles. The number of terminal acetylenes is 1. The van der Waals surface area contributed by atoms with Crippen LogP contribution in [0.25, 0.3) is 22.0 Å². The summed E-state index contributed by atoms with van der Waals surface area (Å²) in [5, 5.41) is 7.17. The number of benzene rings is 1. The molecule has 134 valence electrons. The highest BCUT2D eigenvalue weighted by Gasteiger charge is 2.28. The van der Waals surface area contributed by atoms with Crippen molar-refractivity contribution < 1.29 is 4.79 Å². The number of pyridine rings is 1. The van der Waals surface area contributed by atoms with Crippen LogP contribution in [0.4, 0.5) is 5.95 Å². The van der Waals surface area contributed by atoms with Crippen molar-refractivity contribution in [2.45, 2.75) is 31.3 Å². The van der Waals surface area contributed by atoms with Gasteiger partial charge in [0.1, 0.15) is 0 Å². The lowest BCUT2D eigenvalue weighted by Gasteiger charge is -2.21. The quantitative estimate of drug-likeness (QED) is 0.702. The van der Waals surface area contributed by atoms with Crippen molar-refractivity contribution in [2.75, 3.05) is 5.32 Å². The van der Waals surface area contributed by atoms with Gasteiger partial charge in [0.05, 0.1) is 5.52 Å². The van der Waals surface area contributed by atoms with Gasteiger partial charge < -0.3 is 10.6 Å². The Morgan fingerprint density at radius 3 is 2.85 bits per heavy atom. The lowest BCUT2D eigenvalue weighted by molar-refractivity contribution is -0.116. The minimum absolute atomic E-state index is 0.000744. The van der Waals surface area contributed by atoms with Gasteiger partial charge in [-0.15, -0.1) is 6.42 Å². The molecule has 0 aliphatic heterocycles. The lowest BCUT2D eigenvalue weighted by Crippen LogP contribution is -2.43. The van der Waals surface area contributed by atoms with Crippen LogP contribution in [-0.4, -0.2) is 32.9 Å². The Hall–Kier alpha value is -3.46. The smallest absolute Gasteiger partial charge is 0.295 e. The predicted molar refractivity (Wildman–Crippen MR) is 105 cm³/mol. The number of anilines is 1. The summed E-state index contributed by atoms with van der Waals surface area (Å²) in [7, 11) is 0. The topological polar surface area (TPSA) is 79.8 Å². The molecule has 0 spiro atoms. The van der Waals surface area contributed by atoms with E-state index in [1.54, 1.807) is 6.20 Å². The SMILES string of the molecule is C#CC(=O)NC1CCCC1Nc1ncc2cc(-c3cccnc3)ccc2n1. The Labute approximate surface area is 157 Å². The van der Waals surface area contributed by atoms with Crippen LogP contribution < -0.4 is 10.6 Å². The average molecular weight is 357 g/mol. The summed E-state index contributed by atoms with van der Waals surface area (Å²) in [6, 6.07) is 10.1. The maximum absolute atomic E-state index is 11.5. The van der Waals surface area contributed by atoms with Crippen LogP contribution in [0.1, 0.15) is 19.3 Å². The molecule has 1 amide bonds. The standard InChI is InChI=1S/C21H19N5O/c1-2-20(27)24-18-6-3-7-19(18)26-21-23-13-16-11-14(8-9-17(16)25-21)15-5-4-10-22-12-15/h1,4-5,8-13,18-19H,3,6-7H2,(H,24,27)(H,23,25,26). The molecule has 1 aliphatic rings. The Morgan fingerprint density at radius 1 is 1.15 bits per heavy atom. The van der Waals surface area contributed by atoms with Gasteiger partial charge in [0.2, 0.25) is 5.95 Å². The number of carbonyl (C=O) groups is 1. The third kappa shape index (κ3) is 3.72. The second-order valence-electron chi connectivity index (χ2n) is 6.61. The van der Waals surface area contributed by atoms with Crippen molar-refractivity contribution in [1.29, 1.82) is 0 Å². The minimum Gasteiger partial charge on any atom is -0.349 e. The van der Waals surface area contributed by atoms with Crippen LogP contribution >= 0.6 is 0 Å². The molecule has 2 unspecified atom stereocenters. The number of hydrogen-bond donors (Lipinski definition) is 2. The molecule has 0 bridgehead atoms. The molecule has 27 heavy (non-hydrogen) atoms. The van der Waals surface area contributed by atoms with Gasteiger partial charge >= 0.3 is 0 Å². The number of carbonyl (C=O) groups excluding carboxylic acids is 1. The number of aromatic nitrogens is 3. The molecule has 1 aromatic carbocycles. The molecule has 6 heteroatoms. The second-order valence-corrected chi connectivity index (χ2v) is 6.61. The van der Waals surface area contributed by atoms with E-state index in [9.17, 15) is 4.79 Å². The fourth-order valence-corrected chi connectivity index (χ4v) is 3.50. The van der Waals surface area contributed by atoms with E-state index in [0.29, 0.717) is 5.95 Å². The third-order valence-electron chi connectivity index (χ3n) is 4.85. The Morgan fingerprint density at radius 2 is 2.04 bits per heavy atom. The molecule has 0 radical (unpaired) electrons. The van der Waals surface area contributed by atoms with E-state index in [4.69, 9.17) is 6.42 Å². The molecule has 1 saturated carbocycles. The van der Waals surface area contributed by atoms with Crippen molar-refractivity contribution >= 4 is 22.8 Å². The van der Waals surface area contributed by atoms with Crippen LogP contribution in [0.2, 0.25) is 0 Å². The highest BCUT2D eigenvalue weighted by Crippen LogP contribution is 2.25. The van der Waals surface area contributed by atoms with Gasteiger partial charge in [-0.25, -0.2) is 9.97 Å². The molecule has 2 aromatic heterocycles. The van der Waals surface area contributed by atoms with Crippen LogP contribution in [-0.2, 0) is 4.79 Å². The second kappa shape index (κ2) is 7.42. The molecular weight excluding hydrogens is 338 g/mol. The third-order valence-corrected chi connectivity index (χ3v) is 4.85. The number of amides is 1. The summed E-state index contributed by atoms with van der Waals surface area (Å²) in [4.78, 5) is 24.7. The Balaban J connectivity index is 1.54. The number of rotatable bonds is 4. The van der Waals surface area contributed by atoms with E-state index in [2.05, 4.69) is 37.6 Å². The van der Waals surface area contributed by atoms with Crippen molar-refractivity contribution in [3.05, 3.63) is 48.9 Å². The van der Waals surface area contributed by atoms with Gasteiger partial charge in [0, 0.05) is 41.6 Å². The molecule has 1 fully saturated rings. The largest absolute Gasteiger partial charge is 0.349 e. The fourth-order valence-electron chi connectivity index (χ4n) is 3.50. The van der Waals surface area contributed by atoms with E-state index in [1.807, 2.05) is 36.7 Å². The zero-order valence-electron chi connectivity index (χ0n) is 14.7.